The largest absolute Gasteiger partial charge is 0.269 e. The lowest BCUT2D eigenvalue weighted by Crippen LogP contribution is -2.31. The molecule has 1 fully saturated rings. The zero-order chi connectivity index (χ0) is 18.0. The van der Waals surface area contributed by atoms with Crippen molar-refractivity contribution in [1.82, 2.24) is 4.31 Å². The van der Waals surface area contributed by atoms with Gasteiger partial charge in [-0.2, -0.15) is 4.31 Å². The van der Waals surface area contributed by atoms with Crippen molar-refractivity contribution in [2.75, 3.05) is 6.54 Å². The summed E-state index contributed by atoms with van der Waals surface area (Å²) < 4.78 is 40.5. The van der Waals surface area contributed by atoms with Gasteiger partial charge >= 0.3 is 0 Å². The van der Waals surface area contributed by atoms with Gasteiger partial charge in [0.1, 0.15) is 5.82 Å². The van der Waals surface area contributed by atoms with Gasteiger partial charge in [0, 0.05) is 24.7 Å². The molecule has 0 bridgehead atoms. The number of nitrogens with zero attached hydrogens (tertiary/aromatic N) is 2. The summed E-state index contributed by atoms with van der Waals surface area (Å²) in [6.07, 6.45) is 1.35. The first-order valence-electron chi connectivity index (χ1n) is 7.85. The first-order valence-corrected chi connectivity index (χ1v) is 9.46. The fraction of sp³-hybridized carbons (Fsp3) is 0.294. The molecule has 1 atom stereocenters. The molecule has 0 spiro atoms. The van der Waals surface area contributed by atoms with E-state index in [2.05, 4.69) is 0 Å². The van der Waals surface area contributed by atoms with Crippen LogP contribution in [0.5, 0.6) is 0 Å². The third kappa shape index (κ3) is 3.85. The van der Waals surface area contributed by atoms with Crippen LogP contribution in [0.25, 0.3) is 0 Å². The quantitative estimate of drug-likeness (QED) is 0.601. The SMILES string of the molecule is O=[N+]([O-])c1ccc(CS(=O)(=O)N2CCC[C@H]2c2cccc(F)c2)cc1. The van der Waals surface area contributed by atoms with Gasteiger partial charge in [0.25, 0.3) is 5.69 Å². The zero-order valence-electron chi connectivity index (χ0n) is 13.3. The summed E-state index contributed by atoms with van der Waals surface area (Å²) in [6.45, 7) is 0.385. The third-order valence-corrected chi connectivity index (χ3v) is 6.14. The predicted molar refractivity (Wildman–Crippen MR) is 90.8 cm³/mol. The van der Waals surface area contributed by atoms with Crippen molar-refractivity contribution in [2.45, 2.75) is 24.6 Å². The number of benzene rings is 2. The van der Waals surface area contributed by atoms with Crippen LogP contribution in [-0.4, -0.2) is 24.2 Å². The highest BCUT2D eigenvalue weighted by Gasteiger charge is 2.35. The molecule has 0 unspecified atom stereocenters. The summed E-state index contributed by atoms with van der Waals surface area (Å²) >= 11 is 0. The average molecular weight is 364 g/mol. The summed E-state index contributed by atoms with van der Waals surface area (Å²) in [5.74, 6) is -0.631. The number of halogens is 1. The zero-order valence-corrected chi connectivity index (χ0v) is 14.2. The summed E-state index contributed by atoms with van der Waals surface area (Å²) in [4.78, 5) is 10.2. The number of non-ortho nitro benzene ring substituents is 1. The standard InChI is InChI=1S/C17H17FN2O4S/c18-15-4-1-3-14(11-15)17-5-2-10-19(17)25(23,24)12-13-6-8-16(9-7-13)20(21)22/h1,3-4,6-9,11,17H,2,5,10,12H2/t17-/m0/s1. The Bertz CT molecular complexity index is 884. The predicted octanol–water partition coefficient (Wildman–Crippen LogP) is 3.40. The molecular weight excluding hydrogens is 347 g/mol. The Kier molecular flexibility index (Phi) is 4.82. The molecule has 2 aromatic carbocycles. The fourth-order valence-electron chi connectivity index (χ4n) is 3.13. The molecule has 0 aliphatic carbocycles. The van der Waals surface area contributed by atoms with Gasteiger partial charge in [-0.3, -0.25) is 10.1 Å². The number of sulfonamides is 1. The van der Waals surface area contributed by atoms with E-state index < -0.39 is 20.8 Å². The summed E-state index contributed by atoms with van der Waals surface area (Å²) in [6, 6.07) is 11.1. The smallest absolute Gasteiger partial charge is 0.258 e. The van der Waals surface area contributed by atoms with E-state index in [0.717, 1.165) is 0 Å². The Morgan fingerprint density at radius 3 is 2.56 bits per heavy atom. The number of rotatable bonds is 5. The van der Waals surface area contributed by atoms with E-state index in [1.807, 2.05) is 0 Å². The molecule has 0 radical (unpaired) electrons. The molecule has 8 heteroatoms. The maximum Gasteiger partial charge on any atom is 0.269 e. The summed E-state index contributed by atoms with van der Waals surface area (Å²) in [5.41, 5.74) is 1.04. The van der Waals surface area contributed by atoms with Crippen molar-refractivity contribution in [2.24, 2.45) is 0 Å². The van der Waals surface area contributed by atoms with Gasteiger partial charge in [-0.25, -0.2) is 12.8 Å². The summed E-state index contributed by atoms with van der Waals surface area (Å²) in [5, 5.41) is 10.7. The minimum Gasteiger partial charge on any atom is -0.258 e. The van der Waals surface area contributed by atoms with Crippen LogP contribution in [0.1, 0.15) is 30.0 Å². The molecule has 0 saturated carbocycles. The van der Waals surface area contributed by atoms with Crippen molar-refractivity contribution < 1.29 is 17.7 Å². The molecular formula is C17H17FN2O4S. The topological polar surface area (TPSA) is 80.5 Å². The second-order valence-corrected chi connectivity index (χ2v) is 7.93. The van der Waals surface area contributed by atoms with Crippen LogP contribution in [0.4, 0.5) is 10.1 Å². The van der Waals surface area contributed by atoms with E-state index in [-0.39, 0.29) is 17.5 Å². The molecule has 132 valence electrons. The maximum atomic E-state index is 13.5. The number of nitro benzene ring substituents is 1. The van der Waals surface area contributed by atoms with Crippen LogP contribution >= 0.6 is 0 Å². The van der Waals surface area contributed by atoms with Crippen LogP contribution in [0.2, 0.25) is 0 Å². The van der Waals surface area contributed by atoms with Crippen LogP contribution in [0.3, 0.4) is 0 Å². The molecule has 0 aromatic heterocycles. The minimum absolute atomic E-state index is 0.0834. The van der Waals surface area contributed by atoms with Crippen molar-refractivity contribution in [1.29, 1.82) is 0 Å². The molecule has 1 heterocycles. The van der Waals surface area contributed by atoms with Gasteiger partial charge in [-0.1, -0.05) is 24.3 Å². The Morgan fingerprint density at radius 1 is 1.20 bits per heavy atom. The van der Waals surface area contributed by atoms with Crippen molar-refractivity contribution in [3.8, 4) is 0 Å². The number of nitro groups is 1. The molecule has 25 heavy (non-hydrogen) atoms. The van der Waals surface area contributed by atoms with Crippen molar-refractivity contribution in [3.63, 3.8) is 0 Å². The Morgan fingerprint density at radius 2 is 1.92 bits per heavy atom. The first kappa shape index (κ1) is 17.5. The second kappa shape index (κ2) is 6.89. The molecule has 0 N–H and O–H groups in total. The lowest BCUT2D eigenvalue weighted by atomic mass is 10.1. The third-order valence-electron chi connectivity index (χ3n) is 4.29. The molecule has 1 aliphatic rings. The highest BCUT2D eigenvalue weighted by molar-refractivity contribution is 7.88. The van der Waals surface area contributed by atoms with Crippen LogP contribution in [0.15, 0.2) is 48.5 Å². The molecule has 2 aromatic rings. The van der Waals surface area contributed by atoms with E-state index in [1.165, 1.54) is 40.7 Å². The van der Waals surface area contributed by atoms with E-state index in [4.69, 9.17) is 0 Å². The molecule has 1 saturated heterocycles. The van der Waals surface area contributed by atoms with Crippen molar-refractivity contribution in [3.05, 3.63) is 75.6 Å². The van der Waals surface area contributed by atoms with Crippen molar-refractivity contribution >= 4 is 15.7 Å². The van der Waals surface area contributed by atoms with E-state index in [9.17, 15) is 22.9 Å². The highest BCUT2D eigenvalue weighted by Crippen LogP contribution is 2.35. The van der Waals surface area contributed by atoms with Crippen LogP contribution < -0.4 is 0 Å². The maximum absolute atomic E-state index is 13.5. The number of hydrogen-bond acceptors (Lipinski definition) is 4. The molecule has 3 rings (SSSR count). The number of hydrogen-bond donors (Lipinski definition) is 0. The Hall–Kier alpha value is -2.32. The Balaban J connectivity index is 1.82. The van der Waals surface area contributed by atoms with E-state index in [0.29, 0.717) is 30.5 Å². The van der Waals surface area contributed by atoms with Crippen LogP contribution in [-0.2, 0) is 15.8 Å². The fourth-order valence-corrected chi connectivity index (χ4v) is 4.93. The molecule has 0 amide bonds. The highest BCUT2D eigenvalue weighted by atomic mass is 32.2. The summed E-state index contributed by atoms with van der Waals surface area (Å²) in [7, 11) is -3.62. The normalized spacial score (nSPS) is 18.4. The van der Waals surface area contributed by atoms with E-state index >= 15 is 0 Å². The van der Waals surface area contributed by atoms with Gasteiger partial charge in [-0.15, -0.1) is 0 Å². The Labute approximate surface area is 145 Å². The van der Waals surface area contributed by atoms with Gasteiger partial charge in [0.2, 0.25) is 10.0 Å². The van der Waals surface area contributed by atoms with E-state index in [1.54, 1.807) is 12.1 Å². The second-order valence-electron chi connectivity index (χ2n) is 6.00. The van der Waals surface area contributed by atoms with Gasteiger partial charge in [0.05, 0.1) is 10.7 Å². The van der Waals surface area contributed by atoms with Gasteiger partial charge in [-0.05, 0) is 36.1 Å². The van der Waals surface area contributed by atoms with Gasteiger partial charge < -0.3 is 0 Å². The first-order chi connectivity index (χ1) is 11.9. The monoisotopic (exact) mass is 364 g/mol. The molecule has 6 nitrogen and oxygen atoms in total. The average Bonchev–Trinajstić information content (AvgIpc) is 3.05. The minimum atomic E-state index is -3.62. The lowest BCUT2D eigenvalue weighted by Gasteiger charge is -2.24. The lowest BCUT2D eigenvalue weighted by molar-refractivity contribution is -0.384. The van der Waals surface area contributed by atoms with Crippen LogP contribution in [0, 0.1) is 15.9 Å². The van der Waals surface area contributed by atoms with Gasteiger partial charge in [0.15, 0.2) is 0 Å². The molecule has 1 aliphatic heterocycles.